The molecule has 5 rings (SSSR count). The summed E-state index contributed by atoms with van der Waals surface area (Å²) in [4.78, 5) is 31.0. The van der Waals surface area contributed by atoms with Gasteiger partial charge in [-0.05, 0) is 30.7 Å². The molecule has 2 aliphatic carbocycles. The highest BCUT2D eigenvalue weighted by Gasteiger charge is 2.28. The zero-order chi connectivity index (χ0) is 24.6. The third-order valence-electron chi connectivity index (χ3n) is 5.58. The van der Waals surface area contributed by atoms with Crippen LogP contribution < -0.4 is 0 Å². The lowest BCUT2D eigenvalue weighted by Gasteiger charge is -2.16. The van der Waals surface area contributed by atoms with Crippen molar-refractivity contribution in [2.45, 2.75) is 11.8 Å². The number of aryl methyl sites for hydroxylation is 1. The molecule has 3 aromatic rings. The number of allylic oxidation sites excluding steroid dienone is 3. The summed E-state index contributed by atoms with van der Waals surface area (Å²) in [6.07, 6.45) is 4.28. The molecule has 0 spiro atoms. The second-order valence-electron chi connectivity index (χ2n) is 7.96. The Balaban J connectivity index is 1.57. The zero-order valence-corrected chi connectivity index (χ0v) is 19.3. The molecule has 0 N–H and O–H groups in total. The summed E-state index contributed by atoms with van der Waals surface area (Å²) in [5, 5.41) is 3.97. The highest BCUT2D eigenvalue weighted by atomic mass is 32.2. The number of Topliss-reactive ketones (excluding diaryl/α,β-unsaturated/α-hetero) is 1. The van der Waals surface area contributed by atoms with E-state index in [4.69, 9.17) is 4.84 Å². The summed E-state index contributed by atoms with van der Waals surface area (Å²) in [7, 11) is -4.07. The van der Waals surface area contributed by atoms with Crippen molar-refractivity contribution in [1.82, 2.24) is 0 Å². The van der Waals surface area contributed by atoms with Crippen molar-refractivity contribution in [3.63, 3.8) is 0 Å². The van der Waals surface area contributed by atoms with Gasteiger partial charge in [-0.3, -0.25) is 9.59 Å². The third kappa shape index (κ3) is 4.27. The first-order valence-corrected chi connectivity index (χ1v) is 12.1. The molecule has 0 bridgehead atoms. The van der Waals surface area contributed by atoms with Crippen molar-refractivity contribution < 1.29 is 22.8 Å². The van der Waals surface area contributed by atoms with Gasteiger partial charge in [0.15, 0.2) is 5.71 Å². The van der Waals surface area contributed by atoms with Crippen LogP contribution >= 0.6 is 0 Å². The largest absolute Gasteiger partial charge is 0.352 e. The lowest BCUT2D eigenvalue weighted by atomic mass is 9.93. The molecular weight excluding hydrogens is 464 g/mol. The van der Waals surface area contributed by atoms with Crippen molar-refractivity contribution in [3.05, 3.63) is 119 Å². The molecule has 0 fully saturated rings. The van der Waals surface area contributed by atoms with Crippen molar-refractivity contribution in [3.8, 4) is 0 Å². The van der Waals surface area contributed by atoms with Crippen LogP contribution in [0.2, 0.25) is 0 Å². The van der Waals surface area contributed by atoms with Gasteiger partial charge < -0.3 is 4.84 Å². The van der Waals surface area contributed by atoms with Crippen LogP contribution in [-0.4, -0.2) is 31.4 Å². The normalized spacial score (nSPS) is 17.2. The van der Waals surface area contributed by atoms with Crippen LogP contribution in [-0.2, 0) is 19.7 Å². The summed E-state index contributed by atoms with van der Waals surface area (Å²) < 4.78 is 29.9. The minimum Gasteiger partial charge on any atom is -0.352 e. The molecule has 35 heavy (non-hydrogen) atoms. The van der Waals surface area contributed by atoms with Crippen LogP contribution in [0, 0.1) is 6.92 Å². The first kappa shape index (κ1) is 22.4. The molecular formula is C27H18N2O5S. The fourth-order valence-electron chi connectivity index (χ4n) is 3.76. The van der Waals surface area contributed by atoms with E-state index in [0.717, 1.165) is 11.1 Å². The lowest BCUT2D eigenvalue weighted by Crippen LogP contribution is -2.21. The number of ketones is 2. The molecule has 2 aliphatic rings. The van der Waals surface area contributed by atoms with Gasteiger partial charge in [-0.2, -0.15) is 12.8 Å². The van der Waals surface area contributed by atoms with E-state index in [2.05, 4.69) is 9.55 Å². The number of fused-ring (bicyclic) bond motifs is 2. The van der Waals surface area contributed by atoms with Gasteiger partial charge >= 0.3 is 0 Å². The van der Waals surface area contributed by atoms with Crippen molar-refractivity contribution in [2.24, 2.45) is 9.55 Å². The number of rotatable bonds is 4. The molecule has 0 amide bonds. The van der Waals surface area contributed by atoms with Crippen LogP contribution in [0.25, 0.3) is 6.08 Å². The molecule has 0 heterocycles. The van der Waals surface area contributed by atoms with Gasteiger partial charge in [0, 0.05) is 22.8 Å². The first-order valence-electron chi connectivity index (χ1n) is 10.7. The molecule has 0 aromatic heterocycles. The van der Waals surface area contributed by atoms with E-state index in [1.807, 2.05) is 19.1 Å². The number of hydrogen-bond acceptors (Lipinski definition) is 6. The predicted molar refractivity (Wildman–Crippen MR) is 132 cm³/mol. The monoisotopic (exact) mass is 482 g/mol. The summed E-state index contributed by atoms with van der Waals surface area (Å²) >= 11 is 0. The van der Waals surface area contributed by atoms with Gasteiger partial charge in [-0.1, -0.05) is 77.5 Å². The fraction of sp³-hybridized carbons (Fsp3) is 0.0370. The van der Waals surface area contributed by atoms with Crippen LogP contribution in [0.15, 0.2) is 105 Å². The van der Waals surface area contributed by atoms with Crippen LogP contribution in [0.5, 0.6) is 0 Å². The summed E-state index contributed by atoms with van der Waals surface area (Å²) in [6, 6.07) is 20.0. The standard InChI is InChI=1S/C27H18N2O5S/c1-17-10-13-19(14-11-17)35(32,33)29-23-16-25(27(31)22-9-5-4-8-21(22)23)34-28-26-20-7-3-2-6-18(20)12-15-24(26)30/h2-16H,1H3. The number of carbonyl (C=O) groups excluding carboxylic acids is 2. The molecule has 3 aromatic carbocycles. The highest BCUT2D eigenvalue weighted by molar-refractivity contribution is 7.90. The van der Waals surface area contributed by atoms with Gasteiger partial charge in [-0.15, -0.1) is 0 Å². The van der Waals surface area contributed by atoms with E-state index in [1.54, 1.807) is 54.6 Å². The molecule has 8 heteroatoms. The predicted octanol–water partition coefficient (Wildman–Crippen LogP) is 4.27. The maximum atomic E-state index is 13.1. The summed E-state index contributed by atoms with van der Waals surface area (Å²) in [6.45, 7) is 1.85. The lowest BCUT2D eigenvalue weighted by molar-refractivity contribution is -0.109. The van der Waals surface area contributed by atoms with Crippen LogP contribution in [0.4, 0.5) is 0 Å². The Bertz CT molecular complexity index is 1610. The Morgan fingerprint density at radius 1 is 0.771 bits per heavy atom. The average Bonchev–Trinajstić information content (AvgIpc) is 2.86. The molecule has 0 saturated heterocycles. The average molecular weight is 483 g/mol. The van der Waals surface area contributed by atoms with Crippen LogP contribution in [0.1, 0.15) is 32.6 Å². The van der Waals surface area contributed by atoms with E-state index >= 15 is 0 Å². The third-order valence-corrected chi connectivity index (χ3v) is 6.88. The van der Waals surface area contributed by atoms with Gasteiger partial charge in [-0.25, -0.2) is 0 Å². The number of carbonyl (C=O) groups is 2. The highest BCUT2D eigenvalue weighted by Crippen LogP contribution is 2.26. The Hall–Kier alpha value is -4.43. The Kier molecular flexibility index (Phi) is 5.58. The Morgan fingerprint density at radius 3 is 2.17 bits per heavy atom. The fourth-order valence-corrected chi connectivity index (χ4v) is 4.76. The minimum absolute atomic E-state index is 0.0253. The number of nitrogens with zero attached hydrogens (tertiary/aromatic N) is 2. The van der Waals surface area contributed by atoms with Gasteiger partial charge in [0.25, 0.3) is 10.0 Å². The Labute approximate surface area is 201 Å². The molecule has 172 valence electrons. The van der Waals surface area contributed by atoms with Crippen molar-refractivity contribution in [2.75, 3.05) is 0 Å². The smallest absolute Gasteiger partial charge is 0.282 e. The van der Waals surface area contributed by atoms with Crippen molar-refractivity contribution >= 4 is 39.1 Å². The SMILES string of the molecule is Cc1ccc(S(=O)(=O)N=C2C=C(ON=C3C(=O)C=Cc4ccccc43)C(=O)c3ccccc32)cc1. The van der Waals surface area contributed by atoms with Gasteiger partial charge in [0.2, 0.25) is 17.3 Å². The number of hydrogen-bond donors (Lipinski definition) is 0. The second kappa shape index (κ2) is 8.73. The van der Waals surface area contributed by atoms with E-state index in [9.17, 15) is 18.0 Å². The summed E-state index contributed by atoms with van der Waals surface area (Å²) in [5.41, 5.74) is 2.92. The van der Waals surface area contributed by atoms with Crippen molar-refractivity contribution in [1.29, 1.82) is 0 Å². The molecule has 0 radical (unpaired) electrons. The maximum absolute atomic E-state index is 13.1. The van der Waals surface area contributed by atoms with E-state index in [1.165, 1.54) is 24.3 Å². The second-order valence-corrected chi connectivity index (χ2v) is 9.57. The van der Waals surface area contributed by atoms with Gasteiger partial charge in [0.1, 0.15) is 0 Å². The number of oxime groups is 1. The van der Waals surface area contributed by atoms with E-state index in [-0.39, 0.29) is 33.4 Å². The molecule has 0 unspecified atom stereocenters. The van der Waals surface area contributed by atoms with Crippen LogP contribution in [0.3, 0.4) is 0 Å². The quantitative estimate of drug-likeness (QED) is 0.517. The number of sulfonamides is 1. The zero-order valence-electron chi connectivity index (χ0n) is 18.5. The van der Waals surface area contributed by atoms with E-state index < -0.39 is 15.8 Å². The topological polar surface area (TPSA) is 102 Å². The molecule has 0 aliphatic heterocycles. The molecule has 0 atom stereocenters. The Morgan fingerprint density at radius 2 is 1.43 bits per heavy atom. The number of benzene rings is 3. The van der Waals surface area contributed by atoms with E-state index in [0.29, 0.717) is 11.1 Å². The summed E-state index contributed by atoms with van der Waals surface area (Å²) in [5.74, 6) is -1.11. The van der Waals surface area contributed by atoms with Gasteiger partial charge in [0.05, 0.1) is 10.6 Å². The molecule has 0 saturated carbocycles. The first-order chi connectivity index (χ1) is 16.8. The maximum Gasteiger partial charge on any atom is 0.282 e. The minimum atomic E-state index is -4.07. The molecule has 7 nitrogen and oxygen atoms in total.